The van der Waals surface area contributed by atoms with Gasteiger partial charge in [-0.3, -0.25) is 14.2 Å². The van der Waals surface area contributed by atoms with Gasteiger partial charge in [0.15, 0.2) is 12.4 Å². The van der Waals surface area contributed by atoms with Gasteiger partial charge in [0.25, 0.3) is 0 Å². The van der Waals surface area contributed by atoms with E-state index in [9.17, 15) is 18.0 Å². The van der Waals surface area contributed by atoms with Crippen LogP contribution in [0, 0.1) is 27.7 Å². The van der Waals surface area contributed by atoms with E-state index >= 15 is 0 Å². The monoisotopic (exact) mass is 459 g/mol. The largest absolute Gasteiger partial charge is 0.456 e. The number of benzene rings is 1. The summed E-state index contributed by atoms with van der Waals surface area (Å²) in [6.07, 6.45) is 0. The first-order chi connectivity index (χ1) is 15.0. The Labute approximate surface area is 186 Å². The molecule has 10 heteroatoms. The molecule has 170 valence electrons. The fourth-order valence-corrected chi connectivity index (χ4v) is 4.45. The number of hydrogen-bond acceptors (Lipinski definition) is 7. The first kappa shape index (κ1) is 23.4. The molecule has 0 fully saturated rings. The van der Waals surface area contributed by atoms with Gasteiger partial charge in [0.1, 0.15) is 11.8 Å². The van der Waals surface area contributed by atoms with Crippen LogP contribution in [0.5, 0.6) is 0 Å². The van der Waals surface area contributed by atoms with Crippen LogP contribution in [-0.4, -0.2) is 42.5 Å². The summed E-state index contributed by atoms with van der Waals surface area (Å²) in [5.74, 6) is -0.0782. The van der Waals surface area contributed by atoms with Crippen LogP contribution in [0.4, 0.5) is 0 Å². The number of ketones is 1. The van der Waals surface area contributed by atoms with Crippen LogP contribution in [0.15, 0.2) is 45.8 Å². The molecule has 0 bridgehead atoms. The predicted octanol–water partition coefficient (Wildman–Crippen LogP) is 2.79. The van der Waals surface area contributed by atoms with Gasteiger partial charge in [0, 0.05) is 23.0 Å². The van der Waals surface area contributed by atoms with Crippen LogP contribution < -0.4 is 4.72 Å². The van der Waals surface area contributed by atoms with E-state index < -0.39 is 34.4 Å². The van der Waals surface area contributed by atoms with E-state index in [0.29, 0.717) is 22.8 Å². The van der Waals surface area contributed by atoms with Gasteiger partial charge in [-0.2, -0.15) is 4.72 Å². The highest BCUT2D eigenvalue weighted by atomic mass is 32.2. The molecule has 0 aliphatic carbocycles. The molecule has 1 aromatic carbocycles. The number of aromatic nitrogens is 2. The van der Waals surface area contributed by atoms with Crippen molar-refractivity contribution >= 4 is 21.8 Å². The van der Waals surface area contributed by atoms with Crippen molar-refractivity contribution in [1.29, 1.82) is 0 Å². The van der Waals surface area contributed by atoms with Crippen LogP contribution in [0.2, 0.25) is 0 Å². The van der Waals surface area contributed by atoms with Gasteiger partial charge in [0.2, 0.25) is 15.8 Å². The number of Topliss-reactive ketones (excluding diaryl/α,β-unsaturated/α-hetero) is 1. The molecule has 2 aromatic heterocycles. The van der Waals surface area contributed by atoms with E-state index in [1.54, 1.807) is 42.7 Å². The van der Waals surface area contributed by atoms with Gasteiger partial charge in [-0.1, -0.05) is 22.9 Å². The van der Waals surface area contributed by atoms with Crippen molar-refractivity contribution in [1.82, 2.24) is 14.4 Å². The van der Waals surface area contributed by atoms with Crippen molar-refractivity contribution < 1.29 is 27.3 Å². The standard InChI is InChI=1S/C22H25N3O6S/c1-13-6-8-18(9-7-13)32(28,29)24-16(4)22(27)30-12-20(26)19-10-14(2)25(17(19)5)21-11-15(3)31-23-21/h6-11,16,24H,12H2,1-5H3/t16-/m0/s1. The Morgan fingerprint density at radius 3 is 2.38 bits per heavy atom. The molecular weight excluding hydrogens is 434 g/mol. The van der Waals surface area contributed by atoms with Crippen molar-refractivity contribution in [2.45, 2.75) is 45.6 Å². The van der Waals surface area contributed by atoms with Crippen molar-refractivity contribution in [2.24, 2.45) is 0 Å². The van der Waals surface area contributed by atoms with Crippen LogP contribution in [0.1, 0.15) is 40.0 Å². The number of carbonyl (C=O) groups is 2. The highest BCUT2D eigenvalue weighted by molar-refractivity contribution is 7.89. The van der Waals surface area contributed by atoms with Gasteiger partial charge < -0.3 is 9.26 Å². The third kappa shape index (κ3) is 4.97. The van der Waals surface area contributed by atoms with Gasteiger partial charge in [-0.25, -0.2) is 8.42 Å². The van der Waals surface area contributed by atoms with Crippen molar-refractivity contribution in [3.8, 4) is 5.82 Å². The average Bonchev–Trinajstić information content (AvgIpc) is 3.27. The summed E-state index contributed by atoms with van der Waals surface area (Å²) in [6, 6.07) is 8.48. The van der Waals surface area contributed by atoms with Gasteiger partial charge in [-0.15, -0.1) is 0 Å². The van der Waals surface area contributed by atoms with E-state index in [0.717, 1.165) is 11.3 Å². The number of esters is 1. The Kier molecular flexibility index (Phi) is 6.65. The zero-order chi connectivity index (χ0) is 23.6. The van der Waals surface area contributed by atoms with Crippen molar-refractivity contribution in [3.63, 3.8) is 0 Å². The Hall–Kier alpha value is -3.24. The second-order valence-electron chi connectivity index (χ2n) is 7.60. The molecule has 0 amide bonds. The highest BCUT2D eigenvalue weighted by Crippen LogP contribution is 2.21. The predicted molar refractivity (Wildman–Crippen MR) is 116 cm³/mol. The normalized spacial score (nSPS) is 12.5. The maximum Gasteiger partial charge on any atom is 0.324 e. The van der Waals surface area contributed by atoms with E-state index in [-0.39, 0.29) is 4.90 Å². The fraction of sp³-hybridized carbons (Fsp3) is 0.318. The third-order valence-corrected chi connectivity index (χ3v) is 6.50. The second-order valence-corrected chi connectivity index (χ2v) is 9.32. The van der Waals surface area contributed by atoms with Crippen LogP contribution >= 0.6 is 0 Å². The smallest absolute Gasteiger partial charge is 0.324 e. The fourth-order valence-electron chi connectivity index (χ4n) is 3.26. The van der Waals surface area contributed by atoms with Gasteiger partial charge in [-0.05, 0) is 52.8 Å². The number of rotatable bonds is 8. The summed E-state index contributed by atoms with van der Waals surface area (Å²) in [7, 11) is -3.90. The molecule has 0 aliphatic rings. The maximum absolute atomic E-state index is 12.7. The topological polar surface area (TPSA) is 120 Å². The molecule has 9 nitrogen and oxygen atoms in total. The lowest BCUT2D eigenvalue weighted by atomic mass is 10.1. The van der Waals surface area contributed by atoms with E-state index in [1.807, 2.05) is 13.8 Å². The number of ether oxygens (including phenoxy) is 1. The lowest BCUT2D eigenvalue weighted by Crippen LogP contribution is -2.40. The SMILES string of the molecule is Cc1ccc(S(=O)(=O)N[C@@H](C)C(=O)OCC(=O)c2cc(C)n(-c3cc(C)on3)c2C)cc1. The van der Waals surface area contributed by atoms with E-state index in [1.165, 1.54) is 19.1 Å². The minimum Gasteiger partial charge on any atom is -0.456 e. The zero-order valence-corrected chi connectivity index (χ0v) is 19.3. The van der Waals surface area contributed by atoms with Crippen LogP contribution in [0.3, 0.4) is 0 Å². The van der Waals surface area contributed by atoms with E-state index in [4.69, 9.17) is 9.26 Å². The molecule has 0 aliphatic heterocycles. The molecule has 1 N–H and O–H groups in total. The summed E-state index contributed by atoms with van der Waals surface area (Å²) < 4.78 is 39.1. The van der Waals surface area contributed by atoms with Crippen LogP contribution in [0.25, 0.3) is 5.82 Å². The Morgan fingerprint density at radius 1 is 1.12 bits per heavy atom. The number of nitrogens with one attached hydrogen (secondary N) is 1. The van der Waals surface area contributed by atoms with Crippen molar-refractivity contribution in [3.05, 3.63) is 64.7 Å². The minimum atomic E-state index is -3.90. The molecular formula is C22H25N3O6S. The Morgan fingerprint density at radius 2 is 1.78 bits per heavy atom. The van der Waals surface area contributed by atoms with E-state index in [2.05, 4.69) is 9.88 Å². The molecule has 32 heavy (non-hydrogen) atoms. The molecule has 1 atom stereocenters. The summed E-state index contributed by atoms with van der Waals surface area (Å²) in [5, 5.41) is 3.97. The first-order valence-corrected chi connectivity index (χ1v) is 11.4. The van der Waals surface area contributed by atoms with Gasteiger partial charge >= 0.3 is 5.97 Å². The average molecular weight is 460 g/mol. The molecule has 0 radical (unpaired) electrons. The third-order valence-electron chi connectivity index (χ3n) is 4.94. The maximum atomic E-state index is 12.7. The summed E-state index contributed by atoms with van der Waals surface area (Å²) >= 11 is 0. The Balaban J connectivity index is 1.64. The van der Waals surface area contributed by atoms with Crippen molar-refractivity contribution in [2.75, 3.05) is 6.61 Å². The van der Waals surface area contributed by atoms with Gasteiger partial charge in [0.05, 0.1) is 4.90 Å². The highest BCUT2D eigenvalue weighted by Gasteiger charge is 2.25. The second kappa shape index (κ2) is 9.09. The quantitative estimate of drug-likeness (QED) is 0.406. The summed E-state index contributed by atoms with van der Waals surface area (Å²) in [4.78, 5) is 25.0. The van der Waals surface area contributed by atoms with Crippen LogP contribution in [-0.2, 0) is 19.6 Å². The lowest BCUT2D eigenvalue weighted by Gasteiger charge is -2.13. The first-order valence-electron chi connectivity index (χ1n) is 9.91. The molecule has 0 spiro atoms. The summed E-state index contributed by atoms with van der Waals surface area (Å²) in [5.41, 5.74) is 2.69. The number of nitrogens with zero attached hydrogens (tertiary/aromatic N) is 2. The number of sulfonamides is 1. The number of hydrogen-bond donors (Lipinski definition) is 1. The number of aryl methyl sites for hydroxylation is 3. The number of carbonyl (C=O) groups excluding carboxylic acids is 2. The molecule has 0 saturated carbocycles. The molecule has 0 unspecified atom stereocenters. The molecule has 3 rings (SSSR count). The Bertz CT molecular complexity index is 1260. The molecule has 3 aromatic rings. The molecule has 2 heterocycles. The summed E-state index contributed by atoms with van der Waals surface area (Å²) in [6.45, 7) is 8.02. The molecule has 0 saturated heterocycles. The lowest BCUT2D eigenvalue weighted by molar-refractivity contribution is -0.144. The minimum absolute atomic E-state index is 0.0364. The zero-order valence-electron chi connectivity index (χ0n) is 18.5.